The zero-order valence-corrected chi connectivity index (χ0v) is 14.7. The van der Waals surface area contributed by atoms with Crippen LogP contribution >= 0.6 is 0 Å². The molecule has 0 atom stereocenters. The van der Waals surface area contributed by atoms with E-state index < -0.39 is 15.9 Å². The van der Waals surface area contributed by atoms with E-state index in [1.165, 1.54) is 31.3 Å². The first kappa shape index (κ1) is 18.6. The summed E-state index contributed by atoms with van der Waals surface area (Å²) in [6, 6.07) is 12.1. The monoisotopic (exact) mass is 361 g/mol. The Morgan fingerprint density at radius 1 is 0.960 bits per heavy atom. The van der Waals surface area contributed by atoms with E-state index in [2.05, 4.69) is 15.4 Å². The van der Waals surface area contributed by atoms with E-state index in [9.17, 15) is 18.0 Å². The van der Waals surface area contributed by atoms with Gasteiger partial charge in [0.05, 0.1) is 4.90 Å². The van der Waals surface area contributed by atoms with Crippen LogP contribution in [-0.4, -0.2) is 33.8 Å². The lowest BCUT2D eigenvalue weighted by Gasteiger charge is -2.08. The highest BCUT2D eigenvalue weighted by molar-refractivity contribution is 7.89. The number of carbonyl (C=O) groups excluding carboxylic acids is 2. The van der Waals surface area contributed by atoms with Crippen molar-refractivity contribution >= 4 is 27.5 Å². The molecule has 2 aromatic rings. The molecular formula is C17H19N3O4S. The lowest BCUT2D eigenvalue weighted by atomic mass is 10.1. The Bertz CT molecular complexity index is 877. The average Bonchev–Trinajstić information content (AvgIpc) is 2.61. The molecule has 0 aliphatic rings. The van der Waals surface area contributed by atoms with Gasteiger partial charge < -0.3 is 10.6 Å². The molecule has 2 amide bonds. The number of anilines is 1. The number of hydrogen-bond donors (Lipinski definition) is 3. The molecule has 2 rings (SSSR count). The third-order valence-electron chi connectivity index (χ3n) is 3.37. The molecule has 0 radical (unpaired) electrons. The van der Waals surface area contributed by atoms with Crippen molar-refractivity contribution in [2.24, 2.45) is 0 Å². The van der Waals surface area contributed by atoms with E-state index in [0.29, 0.717) is 16.8 Å². The maximum Gasteiger partial charge on any atom is 0.255 e. The smallest absolute Gasteiger partial charge is 0.255 e. The maximum atomic E-state index is 12.3. The van der Waals surface area contributed by atoms with E-state index in [1.807, 2.05) is 0 Å². The Morgan fingerprint density at radius 3 is 2.24 bits per heavy atom. The number of hydrogen-bond acceptors (Lipinski definition) is 4. The largest absolute Gasteiger partial charge is 0.355 e. The molecule has 8 heteroatoms. The molecule has 0 fully saturated rings. The van der Waals surface area contributed by atoms with Gasteiger partial charge in [-0.05, 0) is 42.5 Å². The summed E-state index contributed by atoms with van der Waals surface area (Å²) in [5, 5.41) is 5.19. The van der Waals surface area contributed by atoms with Gasteiger partial charge in [0, 0.05) is 30.4 Å². The number of benzene rings is 2. The normalized spacial score (nSPS) is 11.0. The molecule has 2 aromatic carbocycles. The zero-order chi connectivity index (χ0) is 18.4. The first-order chi connectivity index (χ1) is 11.9. The van der Waals surface area contributed by atoms with Crippen molar-refractivity contribution in [3.63, 3.8) is 0 Å². The summed E-state index contributed by atoms with van der Waals surface area (Å²) in [7, 11) is -2.03. The third-order valence-corrected chi connectivity index (χ3v) is 4.93. The van der Waals surface area contributed by atoms with Gasteiger partial charge in [-0.3, -0.25) is 9.59 Å². The second kappa shape index (κ2) is 7.91. The van der Waals surface area contributed by atoms with Crippen LogP contribution in [0, 0.1) is 0 Å². The predicted molar refractivity (Wildman–Crippen MR) is 95.1 cm³/mol. The summed E-state index contributed by atoms with van der Waals surface area (Å²) in [5.41, 5.74) is 1.20. The van der Waals surface area contributed by atoms with E-state index in [-0.39, 0.29) is 17.3 Å². The second-order valence-electron chi connectivity index (χ2n) is 5.14. The number of rotatable bonds is 6. The van der Waals surface area contributed by atoms with Gasteiger partial charge in [-0.25, -0.2) is 13.1 Å². The number of nitrogens with one attached hydrogen (secondary N) is 3. The van der Waals surface area contributed by atoms with Gasteiger partial charge in [-0.2, -0.15) is 0 Å². The maximum absolute atomic E-state index is 12.3. The van der Waals surface area contributed by atoms with Crippen molar-refractivity contribution in [1.82, 2.24) is 10.0 Å². The summed E-state index contributed by atoms with van der Waals surface area (Å²) in [5.74, 6) is -0.657. The zero-order valence-electron chi connectivity index (χ0n) is 13.9. The van der Waals surface area contributed by atoms with Gasteiger partial charge >= 0.3 is 0 Å². The van der Waals surface area contributed by atoms with Gasteiger partial charge in [0.15, 0.2) is 0 Å². The average molecular weight is 361 g/mol. The Balaban J connectivity index is 2.15. The molecule has 0 aliphatic carbocycles. The highest BCUT2D eigenvalue weighted by atomic mass is 32.2. The molecular weight excluding hydrogens is 342 g/mol. The van der Waals surface area contributed by atoms with Crippen molar-refractivity contribution in [2.45, 2.75) is 11.8 Å². The number of amides is 2. The van der Waals surface area contributed by atoms with Crippen LogP contribution in [0.4, 0.5) is 5.69 Å². The Hall–Kier alpha value is -2.71. The van der Waals surface area contributed by atoms with Crippen molar-refractivity contribution in [3.05, 3.63) is 59.7 Å². The molecule has 0 unspecified atom stereocenters. The minimum absolute atomic E-state index is 0.0903. The summed E-state index contributed by atoms with van der Waals surface area (Å²) in [6.07, 6.45) is 0. The fraction of sp³-hybridized carbons (Fsp3) is 0.176. The highest BCUT2D eigenvalue weighted by Gasteiger charge is 2.14. The standard InChI is InChI=1S/C17H19N3O4S/c1-3-19-25(23,24)15-9-7-12(8-10-15)17(22)20-14-6-4-5-13(11-14)16(21)18-2/h4-11,19H,3H2,1-2H3,(H,18,21)(H,20,22). The molecule has 0 aromatic heterocycles. The van der Waals surface area contributed by atoms with Gasteiger partial charge in [0.25, 0.3) is 11.8 Å². The molecule has 0 saturated carbocycles. The molecule has 25 heavy (non-hydrogen) atoms. The Morgan fingerprint density at radius 2 is 1.64 bits per heavy atom. The van der Waals surface area contributed by atoms with Crippen LogP contribution in [0.1, 0.15) is 27.6 Å². The molecule has 0 saturated heterocycles. The van der Waals surface area contributed by atoms with Crippen LogP contribution in [0.3, 0.4) is 0 Å². The first-order valence-electron chi connectivity index (χ1n) is 7.60. The fourth-order valence-electron chi connectivity index (χ4n) is 2.14. The summed E-state index contributed by atoms with van der Waals surface area (Å²) >= 11 is 0. The van der Waals surface area contributed by atoms with E-state index in [4.69, 9.17) is 0 Å². The van der Waals surface area contributed by atoms with Crippen molar-refractivity contribution in [3.8, 4) is 0 Å². The van der Waals surface area contributed by atoms with Crippen LogP contribution in [0.2, 0.25) is 0 Å². The molecule has 7 nitrogen and oxygen atoms in total. The molecule has 0 aliphatic heterocycles. The van der Waals surface area contributed by atoms with Gasteiger partial charge in [0.1, 0.15) is 0 Å². The van der Waals surface area contributed by atoms with Crippen LogP contribution in [0.5, 0.6) is 0 Å². The molecule has 3 N–H and O–H groups in total. The van der Waals surface area contributed by atoms with Crippen molar-refractivity contribution in [2.75, 3.05) is 18.9 Å². The third kappa shape index (κ3) is 4.65. The molecule has 0 heterocycles. The number of carbonyl (C=O) groups is 2. The van der Waals surface area contributed by atoms with Crippen molar-refractivity contribution in [1.29, 1.82) is 0 Å². The molecule has 0 spiro atoms. The van der Waals surface area contributed by atoms with Crippen LogP contribution in [0.25, 0.3) is 0 Å². The predicted octanol–water partition coefficient (Wildman–Crippen LogP) is 1.60. The van der Waals surface area contributed by atoms with Crippen LogP contribution in [-0.2, 0) is 10.0 Å². The minimum atomic E-state index is -3.56. The summed E-state index contributed by atoms with van der Waals surface area (Å²) in [4.78, 5) is 24.0. The van der Waals surface area contributed by atoms with Crippen molar-refractivity contribution < 1.29 is 18.0 Å². The lowest BCUT2D eigenvalue weighted by Crippen LogP contribution is -2.23. The van der Waals surface area contributed by atoms with E-state index >= 15 is 0 Å². The van der Waals surface area contributed by atoms with Gasteiger partial charge in [-0.15, -0.1) is 0 Å². The van der Waals surface area contributed by atoms with E-state index in [1.54, 1.807) is 31.2 Å². The fourth-order valence-corrected chi connectivity index (χ4v) is 3.19. The van der Waals surface area contributed by atoms with Gasteiger partial charge in [0.2, 0.25) is 10.0 Å². The Labute approximate surface area is 146 Å². The lowest BCUT2D eigenvalue weighted by molar-refractivity contribution is 0.0961. The molecule has 132 valence electrons. The van der Waals surface area contributed by atoms with E-state index in [0.717, 1.165) is 0 Å². The van der Waals surface area contributed by atoms with Crippen LogP contribution < -0.4 is 15.4 Å². The Kier molecular flexibility index (Phi) is 5.89. The first-order valence-corrected chi connectivity index (χ1v) is 9.09. The summed E-state index contributed by atoms with van der Waals surface area (Å²) < 4.78 is 26.2. The quantitative estimate of drug-likeness (QED) is 0.727. The van der Waals surface area contributed by atoms with Gasteiger partial charge in [-0.1, -0.05) is 13.0 Å². The SMILES string of the molecule is CCNS(=O)(=O)c1ccc(C(=O)Nc2cccc(C(=O)NC)c2)cc1. The topological polar surface area (TPSA) is 104 Å². The minimum Gasteiger partial charge on any atom is -0.355 e. The molecule has 0 bridgehead atoms. The number of sulfonamides is 1. The van der Waals surface area contributed by atoms with Crippen LogP contribution in [0.15, 0.2) is 53.4 Å². The summed E-state index contributed by atoms with van der Waals surface area (Å²) in [6.45, 7) is 1.97. The second-order valence-corrected chi connectivity index (χ2v) is 6.91. The highest BCUT2D eigenvalue weighted by Crippen LogP contribution is 2.14.